The van der Waals surface area contributed by atoms with Crippen LogP contribution in [0.15, 0.2) is 43.0 Å². The van der Waals surface area contributed by atoms with E-state index in [9.17, 15) is 4.39 Å². The van der Waals surface area contributed by atoms with Crippen LogP contribution in [0.5, 0.6) is 0 Å². The van der Waals surface area contributed by atoms with E-state index in [1.165, 1.54) is 6.33 Å². The fourth-order valence-electron chi connectivity index (χ4n) is 2.47. The maximum Gasteiger partial charge on any atom is 0.186 e. The minimum atomic E-state index is -0.381. The van der Waals surface area contributed by atoms with Crippen LogP contribution in [0.2, 0.25) is 0 Å². The minimum absolute atomic E-state index is 0.234. The molecule has 2 aromatic heterocycles. The highest BCUT2D eigenvalue weighted by molar-refractivity contribution is 5.66. The lowest BCUT2D eigenvalue weighted by molar-refractivity contribution is 0.596. The number of aryl methyl sites for hydroxylation is 2. The van der Waals surface area contributed by atoms with Crippen molar-refractivity contribution in [3.63, 3.8) is 0 Å². The van der Waals surface area contributed by atoms with Crippen molar-refractivity contribution in [3.8, 4) is 11.1 Å². The van der Waals surface area contributed by atoms with Crippen molar-refractivity contribution in [2.24, 2.45) is 7.05 Å². The van der Waals surface area contributed by atoms with E-state index in [0.717, 1.165) is 16.7 Å². The zero-order chi connectivity index (χ0) is 16.2. The van der Waals surface area contributed by atoms with Crippen LogP contribution in [0, 0.1) is 5.82 Å². The van der Waals surface area contributed by atoms with Crippen molar-refractivity contribution in [3.05, 3.63) is 60.1 Å². The van der Waals surface area contributed by atoms with Crippen LogP contribution < -0.4 is 5.32 Å². The molecule has 0 amide bonds. The lowest BCUT2D eigenvalue weighted by atomic mass is 10.0. The summed E-state index contributed by atoms with van der Waals surface area (Å²) in [4.78, 5) is 7.94. The lowest BCUT2D eigenvalue weighted by Gasteiger charge is -2.11. The summed E-state index contributed by atoms with van der Waals surface area (Å²) in [5.41, 5.74) is 3.57. The highest BCUT2D eigenvalue weighted by atomic mass is 19.1. The molecule has 0 fully saturated rings. The number of nitrogens with zero attached hydrogens (tertiary/aromatic N) is 4. The van der Waals surface area contributed by atoms with Gasteiger partial charge in [-0.1, -0.05) is 31.2 Å². The van der Waals surface area contributed by atoms with Crippen LogP contribution in [0.1, 0.15) is 18.2 Å². The predicted octanol–water partition coefficient (Wildman–Crippen LogP) is 3.19. The molecule has 3 rings (SSSR count). The second kappa shape index (κ2) is 6.56. The number of rotatable bonds is 5. The molecule has 0 saturated heterocycles. The molecular formula is C17H18FN5. The molecule has 0 atom stereocenters. The molecule has 23 heavy (non-hydrogen) atoms. The van der Waals surface area contributed by atoms with Gasteiger partial charge in [0, 0.05) is 25.4 Å². The van der Waals surface area contributed by atoms with Crippen LogP contribution in [0.25, 0.3) is 11.1 Å². The van der Waals surface area contributed by atoms with Crippen LogP contribution >= 0.6 is 0 Å². The summed E-state index contributed by atoms with van der Waals surface area (Å²) in [6, 6.07) is 7.98. The van der Waals surface area contributed by atoms with Gasteiger partial charge in [-0.2, -0.15) is 5.10 Å². The normalized spacial score (nSPS) is 10.7. The number of aromatic nitrogens is 4. The first-order chi connectivity index (χ1) is 11.2. The monoisotopic (exact) mass is 311 g/mol. The molecule has 0 aliphatic heterocycles. The van der Waals surface area contributed by atoms with Crippen molar-refractivity contribution < 1.29 is 4.39 Å². The largest absolute Gasteiger partial charge is 0.363 e. The van der Waals surface area contributed by atoms with E-state index in [0.29, 0.717) is 18.7 Å². The molecule has 118 valence electrons. The fraction of sp³-hybridized carbons (Fsp3) is 0.235. The van der Waals surface area contributed by atoms with Crippen LogP contribution in [-0.2, 0) is 20.0 Å². The fourth-order valence-corrected chi connectivity index (χ4v) is 2.47. The van der Waals surface area contributed by atoms with Gasteiger partial charge < -0.3 is 5.32 Å². The summed E-state index contributed by atoms with van der Waals surface area (Å²) >= 11 is 0. The molecule has 0 bridgehead atoms. The topological polar surface area (TPSA) is 55.6 Å². The smallest absolute Gasteiger partial charge is 0.186 e. The Balaban J connectivity index is 1.84. The Bertz CT molecular complexity index is 812. The van der Waals surface area contributed by atoms with Gasteiger partial charge in [0.25, 0.3) is 0 Å². The molecule has 5 nitrogen and oxygen atoms in total. The summed E-state index contributed by atoms with van der Waals surface area (Å²) in [6.07, 6.45) is 5.70. The van der Waals surface area contributed by atoms with E-state index in [1.54, 1.807) is 4.68 Å². The summed E-state index contributed by atoms with van der Waals surface area (Å²) in [5, 5.41) is 7.27. The number of hydrogen-bond acceptors (Lipinski definition) is 4. The second-order valence-electron chi connectivity index (χ2n) is 5.25. The third kappa shape index (κ3) is 3.21. The van der Waals surface area contributed by atoms with Gasteiger partial charge in [0.1, 0.15) is 6.33 Å². The van der Waals surface area contributed by atoms with Crippen LogP contribution in [0.3, 0.4) is 0 Å². The van der Waals surface area contributed by atoms with E-state index in [-0.39, 0.29) is 11.6 Å². The molecule has 1 aromatic carbocycles. The maximum absolute atomic E-state index is 14.2. The molecule has 0 radical (unpaired) electrons. The summed E-state index contributed by atoms with van der Waals surface area (Å²) < 4.78 is 16.0. The van der Waals surface area contributed by atoms with Crippen molar-refractivity contribution in [1.82, 2.24) is 19.7 Å². The Hall–Kier alpha value is -2.76. The third-order valence-electron chi connectivity index (χ3n) is 3.68. The van der Waals surface area contributed by atoms with Gasteiger partial charge in [-0.15, -0.1) is 0 Å². The predicted molar refractivity (Wildman–Crippen MR) is 87.3 cm³/mol. The average Bonchev–Trinajstić information content (AvgIpc) is 3.00. The molecule has 0 saturated carbocycles. The van der Waals surface area contributed by atoms with Gasteiger partial charge in [0.2, 0.25) is 0 Å². The summed E-state index contributed by atoms with van der Waals surface area (Å²) in [7, 11) is 1.88. The lowest BCUT2D eigenvalue weighted by Crippen LogP contribution is -2.07. The van der Waals surface area contributed by atoms with E-state index in [2.05, 4.69) is 20.4 Å². The molecule has 1 N–H and O–H groups in total. The van der Waals surface area contributed by atoms with Gasteiger partial charge in [-0.25, -0.2) is 14.4 Å². The summed E-state index contributed by atoms with van der Waals surface area (Å²) in [5.74, 6) is -0.147. The quantitative estimate of drug-likeness (QED) is 0.786. The molecule has 0 spiro atoms. The van der Waals surface area contributed by atoms with Gasteiger partial charge in [-0.3, -0.25) is 4.68 Å². The zero-order valence-corrected chi connectivity index (χ0v) is 13.1. The van der Waals surface area contributed by atoms with Crippen molar-refractivity contribution >= 4 is 5.82 Å². The minimum Gasteiger partial charge on any atom is -0.363 e. The number of hydrogen-bond donors (Lipinski definition) is 1. The zero-order valence-electron chi connectivity index (χ0n) is 13.1. The standard InChI is InChI=1S/C17H18FN5/c1-3-15-16(18)17(21-11-20-15)19-8-12-6-4-5-7-14(12)13-9-22-23(2)10-13/h4-7,9-11H,3,8H2,1-2H3,(H,19,20,21). The number of anilines is 1. The Morgan fingerprint density at radius 2 is 2.04 bits per heavy atom. The van der Waals surface area contributed by atoms with Crippen molar-refractivity contribution in [2.45, 2.75) is 19.9 Å². The molecule has 0 unspecified atom stereocenters. The first-order valence-electron chi connectivity index (χ1n) is 7.49. The Kier molecular flexibility index (Phi) is 4.32. The average molecular weight is 311 g/mol. The second-order valence-corrected chi connectivity index (χ2v) is 5.25. The van der Waals surface area contributed by atoms with E-state index >= 15 is 0 Å². The number of halogens is 1. The van der Waals surface area contributed by atoms with Crippen molar-refractivity contribution in [2.75, 3.05) is 5.32 Å². The third-order valence-corrected chi connectivity index (χ3v) is 3.68. The van der Waals surface area contributed by atoms with Gasteiger partial charge in [0.15, 0.2) is 11.6 Å². The van der Waals surface area contributed by atoms with Gasteiger partial charge >= 0.3 is 0 Å². The van der Waals surface area contributed by atoms with E-state index < -0.39 is 0 Å². The highest BCUT2D eigenvalue weighted by Crippen LogP contribution is 2.24. The Morgan fingerprint density at radius 1 is 1.22 bits per heavy atom. The maximum atomic E-state index is 14.2. The molecule has 0 aliphatic rings. The molecule has 0 aliphatic carbocycles. The van der Waals surface area contributed by atoms with Gasteiger partial charge in [-0.05, 0) is 17.5 Å². The van der Waals surface area contributed by atoms with E-state index in [4.69, 9.17) is 0 Å². The molecule has 6 heteroatoms. The molecule has 3 aromatic rings. The van der Waals surface area contributed by atoms with Gasteiger partial charge in [0.05, 0.1) is 11.9 Å². The summed E-state index contributed by atoms with van der Waals surface area (Å²) in [6.45, 7) is 2.34. The van der Waals surface area contributed by atoms with Crippen LogP contribution in [0.4, 0.5) is 10.2 Å². The Morgan fingerprint density at radius 3 is 2.78 bits per heavy atom. The highest BCUT2D eigenvalue weighted by Gasteiger charge is 2.11. The van der Waals surface area contributed by atoms with Crippen LogP contribution in [-0.4, -0.2) is 19.7 Å². The molecule has 2 heterocycles. The number of nitrogens with one attached hydrogen (secondary N) is 1. The number of benzene rings is 1. The van der Waals surface area contributed by atoms with Crippen molar-refractivity contribution in [1.29, 1.82) is 0 Å². The SMILES string of the molecule is CCc1ncnc(NCc2ccccc2-c2cnn(C)c2)c1F. The molecular weight excluding hydrogens is 293 g/mol. The van der Waals surface area contributed by atoms with E-state index in [1.807, 2.05) is 50.6 Å². The first-order valence-corrected chi connectivity index (χ1v) is 7.49. The first kappa shape index (κ1) is 15.1. The Labute approximate surface area is 134 Å².